The summed E-state index contributed by atoms with van der Waals surface area (Å²) in [5.41, 5.74) is 0.235. The summed E-state index contributed by atoms with van der Waals surface area (Å²) in [5, 5.41) is 20.8. The second-order valence-electron chi connectivity index (χ2n) is 5.88. The molecule has 2 rings (SSSR count). The lowest BCUT2D eigenvalue weighted by Crippen LogP contribution is -2.53. The molecule has 7 heteroatoms. The van der Waals surface area contributed by atoms with Crippen molar-refractivity contribution in [1.29, 1.82) is 0 Å². The molecule has 1 fully saturated rings. The number of rotatable bonds is 4. The zero-order chi connectivity index (χ0) is 15.6. The van der Waals surface area contributed by atoms with Crippen LogP contribution >= 0.6 is 11.6 Å². The Bertz CT molecular complexity index is 536. The Morgan fingerprint density at radius 2 is 2.29 bits per heavy atom. The number of aliphatic hydroxyl groups excluding tert-OH is 1. The van der Waals surface area contributed by atoms with Crippen molar-refractivity contribution >= 4 is 17.3 Å². The van der Waals surface area contributed by atoms with Crippen molar-refractivity contribution in [1.82, 2.24) is 4.90 Å². The second-order valence-corrected chi connectivity index (χ2v) is 6.32. The lowest BCUT2D eigenvalue weighted by Gasteiger charge is -2.42. The quantitative estimate of drug-likeness (QED) is 0.681. The number of hydrogen-bond acceptors (Lipinski definition) is 5. The minimum absolute atomic E-state index is 0.0207. The number of nitro groups is 1. The predicted octanol–water partition coefficient (Wildman–Crippen LogP) is 2.22. The molecule has 0 spiro atoms. The smallest absolute Gasteiger partial charge is 0.275 e. The molecule has 21 heavy (non-hydrogen) atoms. The number of halogens is 1. The number of benzene rings is 1. The van der Waals surface area contributed by atoms with E-state index in [9.17, 15) is 15.2 Å². The molecule has 1 atom stereocenters. The Morgan fingerprint density at radius 3 is 2.90 bits per heavy atom. The molecule has 0 saturated carbocycles. The summed E-state index contributed by atoms with van der Waals surface area (Å²) in [7, 11) is 0. The number of ether oxygens (including phenoxy) is 1. The maximum Gasteiger partial charge on any atom is 0.275 e. The van der Waals surface area contributed by atoms with E-state index in [4.69, 9.17) is 16.3 Å². The molecule has 1 heterocycles. The number of morpholine rings is 1. The van der Waals surface area contributed by atoms with E-state index in [1.807, 2.05) is 13.8 Å². The summed E-state index contributed by atoms with van der Waals surface area (Å²) in [6.45, 7) is 5.43. The van der Waals surface area contributed by atoms with Gasteiger partial charge in [0.05, 0.1) is 23.2 Å². The second kappa shape index (κ2) is 6.27. The highest BCUT2D eigenvalue weighted by Gasteiger charge is 2.33. The van der Waals surface area contributed by atoms with Gasteiger partial charge >= 0.3 is 0 Å². The molecule has 1 aliphatic heterocycles. The molecule has 1 aromatic carbocycles. The third-order valence-electron chi connectivity index (χ3n) is 3.39. The first kappa shape index (κ1) is 16.2. The van der Waals surface area contributed by atoms with Crippen molar-refractivity contribution in [3.05, 3.63) is 38.9 Å². The van der Waals surface area contributed by atoms with Gasteiger partial charge in [-0.1, -0.05) is 11.6 Å². The largest absolute Gasteiger partial charge is 0.394 e. The molecule has 116 valence electrons. The summed E-state index contributed by atoms with van der Waals surface area (Å²) in [6, 6.07) is 4.70. The van der Waals surface area contributed by atoms with E-state index in [1.165, 1.54) is 6.07 Å². The van der Waals surface area contributed by atoms with Crippen molar-refractivity contribution in [3.8, 4) is 0 Å². The molecule has 1 aromatic rings. The van der Waals surface area contributed by atoms with Gasteiger partial charge in [0, 0.05) is 36.3 Å². The highest BCUT2D eigenvalue weighted by atomic mass is 35.5. The van der Waals surface area contributed by atoms with E-state index in [-0.39, 0.29) is 18.4 Å². The van der Waals surface area contributed by atoms with Gasteiger partial charge < -0.3 is 9.84 Å². The van der Waals surface area contributed by atoms with E-state index in [0.29, 0.717) is 30.2 Å². The first-order valence-electron chi connectivity index (χ1n) is 6.74. The van der Waals surface area contributed by atoms with E-state index in [1.54, 1.807) is 12.1 Å². The van der Waals surface area contributed by atoms with Gasteiger partial charge in [0.1, 0.15) is 0 Å². The molecule has 0 aromatic heterocycles. The van der Waals surface area contributed by atoms with E-state index in [0.717, 1.165) is 0 Å². The minimum Gasteiger partial charge on any atom is -0.394 e. The summed E-state index contributed by atoms with van der Waals surface area (Å²) < 4.78 is 5.74. The molecular weight excluding hydrogens is 296 g/mol. The van der Waals surface area contributed by atoms with Crippen LogP contribution in [-0.4, -0.2) is 46.3 Å². The minimum atomic E-state index is -0.420. The summed E-state index contributed by atoms with van der Waals surface area (Å²) in [5.74, 6) is 0. The van der Waals surface area contributed by atoms with Crippen molar-refractivity contribution in [3.63, 3.8) is 0 Å². The highest BCUT2D eigenvalue weighted by Crippen LogP contribution is 2.27. The Hall–Kier alpha value is -1.21. The molecular formula is C14H19ClN2O4. The van der Waals surface area contributed by atoms with Gasteiger partial charge in [-0.2, -0.15) is 0 Å². The van der Waals surface area contributed by atoms with Gasteiger partial charge in [-0.05, 0) is 26.0 Å². The van der Waals surface area contributed by atoms with Crippen LogP contribution in [0.1, 0.15) is 19.4 Å². The monoisotopic (exact) mass is 314 g/mol. The molecule has 1 saturated heterocycles. The Balaban J connectivity index is 2.19. The number of aliphatic hydroxyl groups is 1. The molecule has 0 radical (unpaired) electrons. The average Bonchev–Trinajstić information content (AvgIpc) is 2.38. The van der Waals surface area contributed by atoms with Gasteiger partial charge in [-0.3, -0.25) is 15.0 Å². The molecule has 6 nitrogen and oxygen atoms in total. The fourth-order valence-electron chi connectivity index (χ4n) is 2.71. The number of nitrogens with zero attached hydrogens (tertiary/aromatic N) is 2. The van der Waals surface area contributed by atoms with Gasteiger partial charge in [-0.25, -0.2) is 0 Å². The van der Waals surface area contributed by atoms with Crippen LogP contribution in [0.15, 0.2) is 18.2 Å². The fourth-order valence-corrected chi connectivity index (χ4v) is 2.88. The molecule has 1 aliphatic rings. The van der Waals surface area contributed by atoms with Crippen molar-refractivity contribution < 1.29 is 14.8 Å². The summed E-state index contributed by atoms with van der Waals surface area (Å²) in [4.78, 5) is 12.8. The van der Waals surface area contributed by atoms with Crippen molar-refractivity contribution in [2.75, 3.05) is 19.7 Å². The average molecular weight is 315 g/mol. The van der Waals surface area contributed by atoms with Crippen LogP contribution in [0.4, 0.5) is 5.69 Å². The van der Waals surface area contributed by atoms with Crippen LogP contribution in [-0.2, 0) is 11.3 Å². The van der Waals surface area contributed by atoms with Crippen molar-refractivity contribution in [2.45, 2.75) is 32.1 Å². The molecule has 1 unspecified atom stereocenters. The lowest BCUT2D eigenvalue weighted by molar-refractivity contribution is -0.385. The molecule has 1 N–H and O–H groups in total. The van der Waals surface area contributed by atoms with Crippen LogP contribution in [0, 0.1) is 10.1 Å². The standard InChI is InChI=1S/C14H19ClN2O4/c1-14(2)9-16(7-12(8-18)21-14)6-10-3-4-11(15)5-13(10)17(19)20/h3-5,12,18H,6-9H2,1-2H3. The van der Waals surface area contributed by atoms with Crippen LogP contribution in [0.5, 0.6) is 0 Å². The molecule has 0 amide bonds. The summed E-state index contributed by atoms with van der Waals surface area (Å²) in [6.07, 6.45) is -0.278. The van der Waals surface area contributed by atoms with Gasteiger partial charge in [-0.15, -0.1) is 0 Å². The zero-order valence-corrected chi connectivity index (χ0v) is 12.8. The maximum atomic E-state index is 11.1. The maximum absolute atomic E-state index is 11.1. The number of nitro benzene ring substituents is 1. The Labute approximate surface area is 128 Å². The zero-order valence-electron chi connectivity index (χ0n) is 12.1. The Kier molecular flexibility index (Phi) is 4.83. The van der Waals surface area contributed by atoms with Crippen LogP contribution in [0.2, 0.25) is 5.02 Å². The van der Waals surface area contributed by atoms with Crippen LogP contribution in [0.3, 0.4) is 0 Å². The van der Waals surface area contributed by atoms with Crippen molar-refractivity contribution in [2.24, 2.45) is 0 Å². The SMILES string of the molecule is CC1(C)CN(Cc2ccc(Cl)cc2[N+](=O)[O-])CC(CO)O1. The summed E-state index contributed by atoms with van der Waals surface area (Å²) >= 11 is 5.82. The molecule has 0 aliphatic carbocycles. The number of hydrogen-bond donors (Lipinski definition) is 1. The van der Waals surface area contributed by atoms with E-state index in [2.05, 4.69) is 4.90 Å². The van der Waals surface area contributed by atoms with Gasteiger partial charge in [0.2, 0.25) is 0 Å². The topological polar surface area (TPSA) is 75.8 Å². The predicted molar refractivity (Wildman–Crippen MR) is 79.4 cm³/mol. The molecule has 0 bridgehead atoms. The fraction of sp³-hybridized carbons (Fsp3) is 0.571. The van der Waals surface area contributed by atoms with Crippen LogP contribution in [0.25, 0.3) is 0 Å². The highest BCUT2D eigenvalue weighted by molar-refractivity contribution is 6.30. The van der Waals surface area contributed by atoms with Crippen LogP contribution < -0.4 is 0 Å². The third-order valence-corrected chi connectivity index (χ3v) is 3.63. The lowest BCUT2D eigenvalue weighted by atomic mass is 10.0. The Morgan fingerprint density at radius 1 is 1.57 bits per heavy atom. The van der Waals surface area contributed by atoms with Gasteiger partial charge in [0.15, 0.2) is 0 Å². The van der Waals surface area contributed by atoms with E-state index >= 15 is 0 Å². The first-order valence-corrected chi connectivity index (χ1v) is 7.12. The first-order chi connectivity index (χ1) is 9.80. The van der Waals surface area contributed by atoms with E-state index < -0.39 is 10.5 Å². The third kappa shape index (κ3) is 4.14. The normalized spacial score (nSPS) is 22.2. The van der Waals surface area contributed by atoms with Gasteiger partial charge in [0.25, 0.3) is 5.69 Å².